The van der Waals surface area contributed by atoms with Gasteiger partial charge >= 0.3 is 6.18 Å². The second-order valence-electron chi connectivity index (χ2n) is 8.70. The molecule has 0 unspecified atom stereocenters. The predicted molar refractivity (Wildman–Crippen MR) is 129 cm³/mol. The van der Waals surface area contributed by atoms with Crippen molar-refractivity contribution < 1.29 is 22.8 Å². The SMILES string of the molecule is O=C1[C@@H]2[C@@H](C(=O)N1CCNc1ncc(C(F)(F)F)cc1Cl)[C@H](/C=C/c1ccccc1)N1CSC[C@H]21. The zero-order valence-corrected chi connectivity index (χ0v) is 20.0. The van der Waals surface area contributed by atoms with Gasteiger partial charge in [0, 0.05) is 43.0 Å². The van der Waals surface area contributed by atoms with Crippen LogP contribution in [0.5, 0.6) is 0 Å². The summed E-state index contributed by atoms with van der Waals surface area (Å²) < 4.78 is 38.5. The normalized spacial score (nSPS) is 26.6. The first-order valence-electron chi connectivity index (χ1n) is 11.1. The van der Waals surface area contributed by atoms with Crippen LogP contribution >= 0.6 is 23.4 Å². The van der Waals surface area contributed by atoms with Gasteiger partial charge in [-0.3, -0.25) is 19.4 Å². The van der Waals surface area contributed by atoms with E-state index >= 15 is 0 Å². The van der Waals surface area contributed by atoms with E-state index in [9.17, 15) is 22.8 Å². The molecule has 5 rings (SSSR count). The smallest absolute Gasteiger partial charge is 0.367 e. The molecule has 4 atom stereocenters. The van der Waals surface area contributed by atoms with Crippen LogP contribution in [0.2, 0.25) is 5.02 Å². The Kier molecular flexibility index (Phi) is 6.54. The summed E-state index contributed by atoms with van der Waals surface area (Å²) in [6.45, 7) is 0.210. The van der Waals surface area contributed by atoms with Crippen LogP contribution in [0.4, 0.5) is 19.0 Å². The number of nitrogens with one attached hydrogen (secondary N) is 1. The molecule has 0 saturated carbocycles. The number of aromatic nitrogens is 1. The first-order valence-corrected chi connectivity index (χ1v) is 12.7. The quantitative estimate of drug-likeness (QED) is 0.573. The summed E-state index contributed by atoms with van der Waals surface area (Å²) in [6, 6.07) is 10.4. The minimum absolute atomic E-state index is 0.0101. The van der Waals surface area contributed by atoms with Gasteiger partial charge in [0.1, 0.15) is 5.82 Å². The molecule has 0 bridgehead atoms. The van der Waals surface area contributed by atoms with Gasteiger partial charge in [-0.1, -0.05) is 54.1 Å². The number of carbonyl (C=O) groups is 2. The summed E-state index contributed by atoms with van der Waals surface area (Å²) in [7, 11) is 0. The van der Waals surface area contributed by atoms with Crippen molar-refractivity contribution in [2.45, 2.75) is 18.3 Å². The van der Waals surface area contributed by atoms with E-state index in [0.29, 0.717) is 6.20 Å². The Bertz CT molecular complexity index is 1160. The number of alkyl halides is 3. The van der Waals surface area contributed by atoms with Crippen molar-refractivity contribution in [3.63, 3.8) is 0 Å². The number of fused-ring (bicyclic) bond motifs is 3. The zero-order valence-electron chi connectivity index (χ0n) is 18.4. The molecule has 3 fully saturated rings. The molecule has 11 heteroatoms. The van der Waals surface area contributed by atoms with Gasteiger partial charge in [-0.2, -0.15) is 13.2 Å². The van der Waals surface area contributed by atoms with Crippen LogP contribution in [0.1, 0.15) is 11.1 Å². The topological polar surface area (TPSA) is 65.5 Å². The van der Waals surface area contributed by atoms with E-state index in [-0.39, 0.29) is 47.8 Å². The number of anilines is 1. The molecular weight excluding hydrogens is 501 g/mol. The highest BCUT2D eigenvalue weighted by Crippen LogP contribution is 2.47. The van der Waals surface area contributed by atoms with Gasteiger partial charge in [-0.25, -0.2) is 4.98 Å². The van der Waals surface area contributed by atoms with Crippen molar-refractivity contribution in [2.24, 2.45) is 11.8 Å². The van der Waals surface area contributed by atoms with Crippen LogP contribution in [0.15, 0.2) is 48.7 Å². The number of pyridine rings is 1. The molecule has 1 aromatic carbocycles. The molecule has 3 saturated heterocycles. The average Bonchev–Trinajstić information content (AvgIpc) is 3.47. The number of carbonyl (C=O) groups excluding carboxylic acids is 2. The second kappa shape index (κ2) is 9.48. The summed E-state index contributed by atoms with van der Waals surface area (Å²) in [5.41, 5.74) is 0.0810. The molecule has 3 aliphatic rings. The van der Waals surface area contributed by atoms with Gasteiger partial charge in [-0.15, -0.1) is 11.8 Å². The molecule has 2 aromatic rings. The van der Waals surface area contributed by atoms with Crippen molar-refractivity contribution in [1.29, 1.82) is 0 Å². The number of likely N-dealkylation sites (tertiary alicyclic amines) is 1. The zero-order chi connectivity index (χ0) is 24.7. The van der Waals surface area contributed by atoms with Gasteiger partial charge in [0.15, 0.2) is 0 Å². The maximum atomic E-state index is 13.4. The van der Waals surface area contributed by atoms with E-state index in [0.717, 1.165) is 23.3 Å². The molecular formula is C24H22ClF3N4O2S. The van der Waals surface area contributed by atoms with Crippen molar-refractivity contribution in [2.75, 3.05) is 30.0 Å². The number of thioether (sulfide) groups is 1. The fourth-order valence-corrected chi connectivity index (χ4v) is 6.62. The summed E-state index contributed by atoms with van der Waals surface area (Å²) in [5, 5.41) is 2.66. The first-order chi connectivity index (χ1) is 16.8. The third-order valence-corrected chi connectivity index (χ3v) is 8.04. The number of rotatable bonds is 6. The maximum Gasteiger partial charge on any atom is 0.417 e. The largest absolute Gasteiger partial charge is 0.417 e. The molecule has 2 amide bonds. The van der Waals surface area contributed by atoms with Gasteiger partial charge in [0.25, 0.3) is 0 Å². The number of amides is 2. The highest BCUT2D eigenvalue weighted by molar-refractivity contribution is 7.99. The van der Waals surface area contributed by atoms with E-state index < -0.39 is 23.6 Å². The van der Waals surface area contributed by atoms with Crippen molar-refractivity contribution >= 4 is 47.1 Å². The summed E-state index contributed by atoms with van der Waals surface area (Å²) in [4.78, 5) is 33.9. The van der Waals surface area contributed by atoms with E-state index in [2.05, 4.69) is 15.2 Å². The van der Waals surface area contributed by atoms with Crippen LogP contribution in [-0.4, -0.2) is 63.4 Å². The molecule has 6 nitrogen and oxygen atoms in total. The highest BCUT2D eigenvalue weighted by atomic mass is 35.5. The summed E-state index contributed by atoms with van der Waals surface area (Å²) in [5.74, 6) is 0.406. The van der Waals surface area contributed by atoms with Gasteiger partial charge in [-0.05, 0) is 11.6 Å². The first kappa shape index (κ1) is 24.1. The number of hydrogen-bond acceptors (Lipinski definition) is 6. The van der Waals surface area contributed by atoms with Crippen molar-refractivity contribution in [3.8, 4) is 0 Å². The highest BCUT2D eigenvalue weighted by Gasteiger charge is 2.62. The third kappa shape index (κ3) is 4.54. The molecule has 0 aliphatic carbocycles. The Hall–Kier alpha value is -2.56. The van der Waals surface area contributed by atoms with E-state index in [4.69, 9.17) is 11.6 Å². The number of benzene rings is 1. The average molecular weight is 523 g/mol. The standard InChI is InChI=1S/C24H22ClF3N4O2S/c25-16-10-15(24(26,27)28)11-30-21(16)29-8-9-31-22(33)19-17(7-6-14-4-2-1-3-5-14)32-13-35-12-18(32)20(19)23(31)34/h1-7,10-11,17-20H,8-9,12-13H2,(H,29,30)/b7-6+/t17-,18+,19-,20-/m0/s1. The minimum atomic E-state index is -4.54. The van der Waals surface area contributed by atoms with Crippen LogP contribution in [-0.2, 0) is 15.8 Å². The number of hydrogen-bond donors (Lipinski definition) is 1. The molecule has 1 N–H and O–H groups in total. The summed E-state index contributed by atoms with van der Waals surface area (Å²) in [6.07, 6.45) is 0.172. The Labute approximate surface area is 209 Å². The number of halogens is 4. The van der Waals surface area contributed by atoms with E-state index in [1.165, 1.54) is 4.90 Å². The maximum absolute atomic E-state index is 13.4. The molecule has 0 radical (unpaired) electrons. The van der Waals surface area contributed by atoms with Gasteiger partial charge in [0.05, 0.1) is 22.4 Å². The Morgan fingerprint density at radius 1 is 1.17 bits per heavy atom. The lowest BCUT2D eigenvalue weighted by Crippen LogP contribution is -2.43. The Morgan fingerprint density at radius 2 is 1.91 bits per heavy atom. The lowest BCUT2D eigenvalue weighted by Gasteiger charge is -2.26. The minimum Gasteiger partial charge on any atom is -0.367 e. The van der Waals surface area contributed by atoms with Crippen LogP contribution in [0.25, 0.3) is 6.08 Å². The van der Waals surface area contributed by atoms with Crippen molar-refractivity contribution in [3.05, 3.63) is 64.8 Å². The van der Waals surface area contributed by atoms with Crippen LogP contribution in [0.3, 0.4) is 0 Å². The second-order valence-corrected chi connectivity index (χ2v) is 10.1. The fraction of sp³-hybridized carbons (Fsp3) is 0.375. The monoisotopic (exact) mass is 522 g/mol. The molecule has 35 heavy (non-hydrogen) atoms. The number of nitrogens with zero attached hydrogens (tertiary/aromatic N) is 3. The van der Waals surface area contributed by atoms with Crippen LogP contribution < -0.4 is 5.32 Å². The van der Waals surface area contributed by atoms with Gasteiger partial charge in [0.2, 0.25) is 11.8 Å². The molecule has 4 heterocycles. The predicted octanol–water partition coefficient (Wildman–Crippen LogP) is 4.24. The molecule has 0 spiro atoms. The fourth-order valence-electron chi connectivity index (χ4n) is 5.07. The number of imide groups is 1. The Balaban J connectivity index is 1.28. The molecule has 1 aromatic heterocycles. The lowest BCUT2D eigenvalue weighted by atomic mass is 9.89. The third-order valence-electron chi connectivity index (χ3n) is 6.69. The Morgan fingerprint density at radius 3 is 2.63 bits per heavy atom. The molecule has 184 valence electrons. The summed E-state index contributed by atoms with van der Waals surface area (Å²) >= 11 is 7.70. The van der Waals surface area contributed by atoms with E-state index in [1.54, 1.807) is 11.8 Å². The van der Waals surface area contributed by atoms with E-state index in [1.807, 2.05) is 42.5 Å². The lowest BCUT2D eigenvalue weighted by molar-refractivity contribution is -0.141. The van der Waals surface area contributed by atoms with Gasteiger partial charge < -0.3 is 5.32 Å². The molecule has 3 aliphatic heterocycles. The van der Waals surface area contributed by atoms with Crippen molar-refractivity contribution in [1.82, 2.24) is 14.8 Å². The van der Waals surface area contributed by atoms with Crippen LogP contribution in [0, 0.1) is 11.8 Å².